The van der Waals surface area contributed by atoms with E-state index in [1.54, 1.807) is 0 Å². The topological polar surface area (TPSA) is 18.8 Å². The molecule has 1 aliphatic heterocycles. The van der Waals surface area contributed by atoms with E-state index in [0.29, 0.717) is 11.8 Å². The molecule has 0 aromatic heterocycles. The molecule has 4 heteroatoms. The second-order valence-electron chi connectivity index (χ2n) is 8.74. The van der Waals surface area contributed by atoms with Gasteiger partial charge in [-0.1, -0.05) is 45.1 Å². The van der Waals surface area contributed by atoms with Gasteiger partial charge < -0.3 is 9.80 Å². The molecule has 3 rings (SSSR count). The summed E-state index contributed by atoms with van der Waals surface area (Å²) in [5, 5.41) is 0. The minimum Gasteiger partial charge on any atom is -0.368 e. The molecule has 30 heavy (non-hydrogen) atoms. The van der Waals surface area contributed by atoms with Gasteiger partial charge in [0.2, 0.25) is 0 Å². The van der Waals surface area contributed by atoms with Gasteiger partial charge in [-0.3, -0.25) is 0 Å². The van der Waals surface area contributed by atoms with Crippen molar-refractivity contribution in [3.8, 4) is 0 Å². The lowest BCUT2D eigenvalue weighted by atomic mass is 9.85. The van der Waals surface area contributed by atoms with E-state index < -0.39 is 0 Å². The zero-order valence-electron chi connectivity index (χ0n) is 19.0. The molecule has 0 radical (unpaired) electrons. The molecule has 2 unspecified atom stereocenters. The Labute approximate surface area is 181 Å². The van der Waals surface area contributed by atoms with Gasteiger partial charge >= 0.3 is 0 Å². The van der Waals surface area contributed by atoms with E-state index in [1.807, 2.05) is 12.1 Å². The molecule has 1 aromatic carbocycles. The summed E-state index contributed by atoms with van der Waals surface area (Å²) in [6.45, 7) is 16.8. The minimum atomic E-state index is -0.184. The summed E-state index contributed by atoms with van der Waals surface area (Å²) < 4.78 is 13.2. The fourth-order valence-corrected chi connectivity index (χ4v) is 4.28. The van der Waals surface area contributed by atoms with E-state index >= 15 is 0 Å². The number of aliphatic imine (C=N–C) groups is 1. The van der Waals surface area contributed by atoms with Crippen molar-refractivity contribution >= 4 is 11.5 Å². The van der Waals surface area contributed by atoms with Crippen LogP contribution in [0.15, 0.2) is 64.8 Å². The molecule has 0 N–H and O–H groups in total. The molecule has 0 spiro atoms. The van der Waals surface area contributed by atoms with Gasteiger partial charge in [-0.25, -0.2) is 9.38 Å². The van der Waals surface area contributed by atoms with Crippen LogP contribution in [0, 0.1) is 17.7 Å². The van der Waals surface area contributed by atoms with Crippen LogP contribution in [0.25, 0.3) is 0 Å². The van der Waals surface area contributed by atoms with Crippen LogP contribution >= 0.6 is 0 Å². The van der Waals surface area contributed by atoms with Crippen LogP contribution in [0.3, 0.4) is 0 Å². The van der Waals surface area contributed by atoms with Gasteiger partial charge in [0.05, 0.1) is 5.70 Å². The number of anilines is 1. The fraction of sp³-hybridized carbons (Fsp3) is 0.500. The van der Waals surface area contributed by atoms with Gasteiger partial charge in [-0.2, -0.15) is 0 Å². The first-order valence-electron chi connectivity index (χ1n) is 11.3. The van der Waals surface area contributed by atoms with Crippen LogP contribution in [0.1, 0.15) is 47.0 Å². The van der Waals surface area contributed by atoms with Crippen molar-refractivity contribution in [3.05, 3.63) is 65.7 Å². The highest BCUT2D eigenvalue weighted by Crippen LogP contribution is 2.33. The van der Waals surface area contributed by atoms with E-state index in [9.17, 15) is 4.39 Å². The van der Waals surface area contributed by atoms with E-state index in [4.69, 9.17) is 4.99 Å². The number of amidine groups is 1. The highest BCUT2D eigenvalue weighted by atomic mass is 19.1. The number of nitrogens with zero attached hydrogens (tertiary/aromatic N) is 3. The number of rotatable bonds is 6. The minimum absolute atomic E-state index is 0.184. The number of halogens is 1. The third kappa shape index (κ3) is 5.62. The zero-order chi connectivity index (χ0) is 21.7. The van der Waals surface area contributed by atoms with Crippen molar-refractivity contribution in [2.75, 3.05) is 31.1 Å². The molecule has 1 fully saturated rings. The van der Waals surface area contributed by atoms with Crippen molar-refractivity contribution in [2.45, 2.75) is 47.0 Å². The van der Waals surface area contributed by atoms with Crippen molar-refractivity contribution in [1.82, 2.24) is 4.90 Å². The molecule has 0 bridgehead atoms. The largest absolute Gasteiger partial charge is 0.368 e. The predicted molar refractivity (Wildman–Crippen MR) is 126 cm³/mol. The third-order valence-electron chi connectivity index (χ3n) is 6.28. The second kappa shape index (κ2) is 10.1. The average molecular weight is 410 g/mol. The Hall–Kier alpha value is -2.36. The lowest BCUT2D eigenvalue weighted by Crippen LogP contribution is -2.48. The van der Waals surface area contributed by atoms with Crippen LogP contribution < -0.4 is 4.90 Å². The van der Waals surface area contributed by atoms with E-state index in [2.05, 4.69) is 56.2 Å². The van der Waals surface area contributed by atoms with E-state index in [0.717, 1.165) is 62.7 Å². The Morgan fingerprint density at radius 3 is 2.50 bits per heavy atom. The number of piperazine rings is 1. The Balaban J connectivity index is 1.66. The van der Waals surface area contributed by atoms with Gasteiger partial charge in [0.15, 0.2) is 0 Å². The molecule has 0 saturated carbocycles. The Bertz CT molecular complexity index is 826. The molecule has 1 heterocycles. The Morgan fingerprint density at radius 1 is 1.20 bits per heavy atom. The smallest absolute Gasteiger partial charge is 0.123 e. The second-order valence-corrected chi connectivity index (χ2v) is 8.74. The van der Waals surface area contributed by atoms with E-state index in [1.165, 1.54) is 23.3 Å². The molecule has 3 nitrogen and oxygen atoms in total. The quantitative estimate of drug-likeness (QED) is 0.316. The summed E-state index contributed by atoms with van der Waals surface area (Å²) in [5.74, 6) is 1.87. The lowest BCUT2D eigenvalue weighted by Gasteiger charge is -2.37. The van der Waals surface area contributed by atoms with Crippen LogP contribution in [0.4, 0.5) is 10.1 Å². The summed E-state index contributed by atoms with van der Waals surface area (Å²) in [7, 11) is 0. The number of hydrogen-bond donors (Lipinski definition) is 0. The van der Waals surface area contributed by atoms with Crippen molar-refractivity contribution in [1.29, 1.82) is 0 Å². The molecular formula is C26H36FN3. The molecule has 0 amide bonds. The third-order valence-corrected chi connectivity index (χ3v) is 6.28. The molecule has 162 valence electrons. The molecule has 1 saturated heterocycles. The highest BCUT2D eigenvalue weighted by molar-refractivity contribution is 5.81. The van der Waals surface area contributed by atoms with Crippen LogP contribution in [0.5, 0.6) is 0 Å². The number of allylic oxidation sites excluding steroid dienone is 4. The number of hydrogen-bond acceptors (Lipinski definition) is 2. The predicted octanol–water partition coefficient (Wildman–Crippen LogP) is 6.21. The summed E-state index contributed by atoms with van der Waals surface area (Å²) >= 11 is 0. The maximum Gasteiger partial charge on any atom is 0.123 e. The molecular weight excluding hydrogens is 373 g/mol. The fourth-order valence-electron chi connectivity index (χ4n) is 4.28. The maximum atomic E-state index is 13.2. The molecule has 2 atom stereocenters. The highest BCUT2D eigenvalue weighted by Gasteiger charge is 2.22. The first-order chi connectivity index (χ1) is 14.4. The van der Waals surface area contributed by atoms with Gasteiger partial charge in [-0.05, 0) is 67.9 Å². The van der Waals surface area contributed by atoms with Crippen LogP contribution in [-0.2, 0) is 0 Å². The monoisotopic (exact) mass is 409 g/mol. The first-order valence-corrected chi connectivity index (χ1v) is 11.3. The molecule has 2 aliphatic rings. The summed E-state index contributed by atoms with van der Waals surface area (Å²) in [5.41, 5.74) is 4.90. The Kier molecular flexibility index (Phi) is 7.52. The maximum absolute atomic E-state index is 13.2. The van der Waals surface area contributed by atoms with Crippen molar-refractivity contribution in [2.24, 2.45) is 16.8 Å². The SMILES string of the molecule is C=C(CC)CC(C)C1=CCC(C)C=C1/N=C(\C)N1CCN(c2ccc(F)cc2)CC1. The molecule has 1 aromatic rings. The van der Waals surface area contributed by atoms with Gasteiger partial charge in [-0.15, -0.1) is 0 Å². The number of benzene rings is 1. The Morgan fingerprint density at radius 2 is 1.87 bits per heavy atom. The van der Waals surface area contributed by atoms with Gasteiger partial charge in [0.25, 0.3) is 0 Å². The van der Waals surface area contributed by atoms with Crippen molar-refractivity contribution in [3.63, 3.8) is 0 Å². The summed E-state index contributed by atoms with van der Waals surface area (Å²) in [4.78, 5) is 9.78. The van der Waals surface area contributed by atoms with E-state index in [-0.39, 0.29) is 5.82 Å². The molecule has 1 aliphatic carbocycles. The summed E-state index contributed by atoms with van der Waals surface area (Å²) in [6, 6.07) is 6.80. The standard InChI is InChI=1S/C26H36FN3/c1-6-19(2)17-21(4)25-12-7-20(3)18-26(25)28-22(5)29-13-15-30(16-14-29)24-10-8-23(27)9-11-24/h8-12,18,20-21H,2,6-7,13-17H2,1,3-5H3/b28-22+. The average Bonchev–Trinajstić information content (AvgIpc) is 2.74. The van der Waals surface area contributed by atoms with Crippen LogP contribution in [-0.4, -0.2) is 36.9 Å². The van der Waals surface area contributed by atoms with Gasteiger partial charge in [0, 0.05) is 31.9 Å². The summed E-state index contributed by atoms with van der Waals surface area (Å²) in [6.07, 6.45) is 7.87. The van der Waals surface area contributed by atoms with Gasteiger partial charge in [0.1, 0.15) is 11.7 Å². The van der Waals surface area contributed by atoms with Crippen molar-refractivity contribution < 1.29 is 4.39 Å². The normalized spacial score (nSPS) is 21.2. The van der Waals surface area contributed by atoms with Crippen LogP contribution in [0.2, 0.25) is 0 Å². The lowest BCUT2D eigenvalue weighted by molar-refractivity contribution is 0.383. The first kappa shape index (κ1) is 22.3. The zero-order valence-corrected chi connectivity index (χ0v) is 19.0.